The van der Waals surface area contributed by atoms with Gasteiger partial charge in [-0.15, -0.1) is 0 Å². The van der Waals surface area contributed by atoms with E-state index in [4.69, 9.17) is 5.73 Å². The molecule has 1 aromatic heterocycles. The van der Waals surface area contributed by atoms with E-state index in [1.807, 2.05) is 12.4 Å². The molecule has 3 heterocycles. The number of aromatic amines is 1. The predicted molar refractivity (Wildman–Crippen MR) is 136 cm³/mol. The Hall–Kier alpha value is -2.93. The lowest BCUT2D eigenvalue weighted by Gasteiger charge is -2.34. The van der Waals surface area contributed by atoms with Crippen LogP contribution in [0.5, 0.6) is 0 Å². The number of rotatable bonds is 6. The van der Waals surface area contributed by atoms with Gasteiger partial charge in [-0.3, -0.25) is 9.89 Å². The molecule has 0 amide bonds. The highest BCUT2D eigenvalue weighted by Gasteiger charge is 2.26. The van der Waals surface area contributed by atoms with Crippen LogP contribution in [-0.4, -0.2) is 53.8 Å². The minimum Gasteiger partial charge on any atom is -0.341 e. The molecule has 2 aliphatic heterocycles. The smallest absolute Gasteiger partial charge is 0.128 e. The maximum absolute atomic E-state index is 6.33. The van der Waals surface area contributed by atoms with Crippen LogP contribution in [0.1, 0.15) is 42.7 Å². The topological polar surface area (TPSA) is 63.9 Å². The fraction of sp³-hybridized carbons (Fsp3) is 0.370. The van der Waals surface area contributed by atoms with Gasteiger partial charge in [0.25, 0.3) is 0 Å². The molecular weight excluding hydrogens is 408 g/mol. The summed E-state index contributed by atoms with van der Waals surface area (Å²) in [5.74, 6) is 1.03. The Balaban J connectivity index is 1.33. The van der Waals surface area contributed by atoms with Gasteiger partial charge in [0.2, 0.25) is 0 Å². The van der Waals surface area contributed by atoms with Crippen molar-refractivity contribution in [3.63, 3.8) is 0 Å². The number of aliphatic imine (C=N–C) groups is 1. The molecule has 3 aromatic rings. The first-order chi connectivity index (χ1) is 16.1. The molecule has 1 fully saturated rings. The molecule has 2 atom stereocenters. The van der Waals surface area contributed by atoms with Crippen molar-refractivity contribution in [2.24, 2.45) is 10.7 Å². The van der Waals surface area contributed by atoms with E-state index in [9.17, 15) is 0 Å². The SMILES string of the molecule is CCN1CCN(Cc2ccc(-c3cc4c([nH]3)N(C(C)c3ccccc3)C=NC4N)cc2)CC1. The lowest BCUT2D eigenvalue weighted by molar-refractivity contribution is 0.132. The van der Waals surface area contributed by atoms with Crippen LogP contribution >= 0.6 is 0 Å². The number of H-pyrrole nitrogens is 1. The van der Waals surface area contributed by atoms with Gasteiger partial charge in [-0.1, -0.05) is 61.5 Å². The normalized spacial score (nSPS) is 20.1. The summed E-state index contributed by atoms with van der Waals surface area (Å²) >= 11 is 0. The van der Waals surface area contributed by atoms with Gasteiger partial charge in [0.05, 0.1) is 12.4 Å². The summed E-state index contributed by atoms with van der Waals surface area (Å²) in [7, 11) is 0. The minimum absolute atomic E-state index is 0.156. The number of fused-ring (bicyclic) bond motifs is 1. The molecule has 1 saturated heterocycles. The number of hydrogen-bond acceptors (Lipinski definition) is 5. The van der Waals surface area contributed by atoms with E-state index in [0.717, 1.165) is 43.3 Å². The number of anilines is 1. The zero-order valence-electron chi connectivity index (χ0n) is 19.6. The largest absolute Gasteiger partial charge is 0.341 e. The molecule has 0 aliphatic carbocycles. The van der Waals surface area contributed by atoms with Crippen LogP contribution in [-0.2, 0) is 6.54 Å². The number of nitrogens with one attached hydrogen (secondary N) is 1. The third kappa shape index (κ3) is 4.60. The second-order valence-electron chi connectivity index (χ2n) is 9.10. The Morgan fingerprint density at radius 2 is 1.70 bits per heavy atom. The lowest BCUT2D eigenvalue weighted by atomic mass is 10.1. The van der Waals surface area contributed by atoms with Crippen LogP contribution in [0, 0.1) is 0 Å². The van der Waals surface area contributed by atoms with Crippen molar-refractivity contribution in [2.45, 2.75) is 32.6 Å². The summed E-state index contributed by atoms with van der Waals surface area (Å²) in [5, 5.41) is 0. The van der Waals surface area contributed by atoms with E-state index in [1.165, 1.54) is 29.8 Å². The van der Waals surface area contributed by atoms with Gasteiger partial charge >= 0.3 is 0 Å². The molecule has 3 N–H and O–H groups in total. The Kier molecular flexibility index (Phi) is 6.31. The highest BCUT2D eigenvalue weighted by atomic mass is 15.3. The zero-order chi connectivity index (χ0) is 22.8. The standard InChI is InChI=1S/C27H34N6/c1-3-31-13-15-32(16-14-31)18-21-9-11-23(12-10-21)25-17-24-26(28)29-19-33(27(24)30-25)20(2)22-7-5-4-6-8-22/h4-12,17,19-20,26,30H,3,13-16,18,28H2,1-2H3. The zero-order valence-corrected chi connectivity index (χ0v) is 19.6. The number of piperazine rings is 1. The maximum atomic E-state index is 6.33. The van der Waals surface area contributed by atoms with Crippen molar-refractivity contribution in [3.05, 3.63) is 77.4 Å². The van der Waals surface area contributed by atoms with Crippen molar-refractivity contribution in [3.8, 4) is 11.3 Å². The Morgan fingerprint density at radius 3 is 2.39 bits per heavy atom. The van der Waals surface area contributed by atoms with Gasteiger partial charge < -0.3 is 20.5 Å². The number of benzene rings is 2. The predicted octanol–water partition coefficient (Wildman–Crippen LogP) is 4.39. The third-order valence-corrected chi connectivity index (χ3v) is 7.04. The quantitative estimate of drug-likeness (QED) is 0.594. The first kappa shape index (κ1) is 21.9. The molecule has 6 heteroatoms. The second-order valence-corrected chi connectivity index (χ2v) is 9.10. The second kappa shape index (κ2) is 9.51. The van der Waals surface area contributed by atoms with E-state index in [-0.39, 0.29) is 12.2 Å². The van der Waals surface area contributed by atoms with Crippen molar-refractivity contribution in [1.82, 2.24) is 14.8 Å². The average molecular weight is 443 g/mol. The van der Waals surface area contributed by atoms with Crippen molar-refractivity contribution in [2.75, 3.05) is 37.6 Å². The Morgan fingerprint density at radius 1 is 1.00 bits per heavy atom. The van der Waals surface area contributed by atoms with Crippen molar-refractivity contribution >= 4 is 12.2 Å². The summed E-state index contributed by atoms with van der Waals surface area (Å²) < 4.78 is 0. The number of nitrogens with two attached hydrogens (primary N) is 1. The van der Waals surface area contributed by atoms with E-state index in [1.54, 1.807) is 0 Å². The van der Waals surface area contributed by atoms with Crippen LogP contribution in [0.4, 0.5) is 5.82 Å². The first-order valence-corrected chi connectivity index (χ1v) is 12.0. The van der Waals surface area contributed by atoms with Gasteiger partial charge in [-0.25, -0.2) is 0 Å². The summed E-state index contributed by atoms with van der Waals surface area (Å²) in [5.41, 5.74) is 12.2. The van der Waals surface area contributed by atoms with Gasteiger partial charge in [0.15, 0.2) is 0 Å². The average Bonchev–Trinajstić information content (AvgIpc) is 3.32. The molecule has 33 heavy (non-hydrogen) atoms. The highest BCUT2D eigenvalue weighted by Crippen LogP contribution is 2.37. The highest BCUT2D eigenvalue weighted by molar-refractivity contribution is 5.85. The molecule has 5 rings (SSSR count). The van der Waals surface area contributed by atoms with E-state index in [2.05, 4.69) is 93.1 Å². The fourth-order valence-corrected chi connectivity index (χ4v) is 4.83. The minimum atomic E-state index is -0.342. The summed E-state index contributed by atoms with van der Waals surface area (Å²) in [6, 6.07) is 21.7. The maximum Gasteiger partial charge on any atom is 0.128 e. The molecule has 0 bridgehead atoms. The molecule has 2 aliphatic rings. The van der Waals surface area contributed by atoms with Crippen molar-refractivity contribution in [1.29, 1.82) is 0 Å². The summed E-state index contributed by atoms with van der Waals surface area (Å²) in [4.78, 5) is 15.4. The molecule has 2 unspecified atom stereocenters. The van der Waals surface area contributed by atoms with Gasteiger partial charge in [0, 0.05) is 44.0 Å². The number of nitrogens with zero attached hydrogens (tertiary/aromatic N) is 4. The third-order valence-electron chi connectivity index (χ3n) is 7.04. The number of hydrogen-bond donors (Lipinski definition) is 2. The number of likely N-dealkylation sites (N-methyl/N-ethyl adjacent to an activating group) is 1. The van der Waals surface area contributed by atoms with E-state index < -0.39 is 0 Å². The Labute approximate surface area is 196 Å². The molecule has 0 spiro atoms. The van der Waals surface area contributed by atoms with Crippen LogP contribution < -0.4 is 10.6 Å². The number of aromatic nitrogens is 1. The van der Waals surface area contributed by atoms with Crippen LogP contribution in [0.3, 0.4) is 0 Å². The van der Waals surface area contributed by atoms with Crippen LogP contribution in [0.2, 0.25) is 0 Å². The first-order valence-electron chi connectivity index (χ1n) is 12.0. The van der Waals surface area contributed by atoms with Crippen LogP contribution in [0.25, 0.3) is 11.3 Å². The fourth-order valence-electron chi connectivity index (χ4n) is 4.83. The lowest BCUT2D eigenvalue weighted by Crippen LogP contribution is -2.45. The van der Waals surface area contributed by atoms with Gasteiger partial charge in [0.1, 0.15) is 12.0 Å². The molecule has 172 valence electrons. The molecule has 0 radical (unpaired) electrons. The Bertz CT molecular complexity index is 1080. The van der Waals surface area contributed by atoms with Gasteiger partial charge in [-0.2, -0.15) is 0 Å². The molecular formula is C27H34N6. The monoisotopic (exact) mass is 442 g/mol. The van der Waals surface area contributed by atoms with Gasteiger partial charge in [-0.05, 0) is 36.2 Å². The molecule has 6 nitrogen and oxygen atoms in total. The van der Waals surface area contributed by atoms with Crippen molar-refractivity contribution < 1.29 is 0 Å². The summed E-state index contributed by atoms with van der Waals surface area (Å²) in [6.07, 6.45) is 1.53. The van der Waals surface area contributed by atoms with E-state index >= 15 is 0 Å². The molecule has 0 saturated carbocycles. The van der Waals surface area contributed by atoms with Crippen LogP contribution in [0.15, 0.2) is 65.7 Å². The molecule has 2 aromatic carbocycles. The van der Waals surface area contributed by atoms with E-state index in [0.29, 0.717) is 0 Å². The summed E-state index contributed by atoms with van der Waals surface area (Å²) in [6.45, 7) is 11.2.